The van der Waals surface area contributed by atoms with E-state index in [1.54, 1.807) is 45.0 Å². The predicted octanol–water partition coefficient (Wildman–Crippen LogP) is 4.38. The number of nitriles is 1. The van der Waals surface area contributed by atoms with Gasteiger partial charge < -0.3 is 5.11 Å². The van der Waals surface area contributed by atoms with E-state index in [0.29, 0.717) is 16.3 Å². The topological polar surface area (TPSA) is 90.7 Å². The van der Waals surface area contributed by atoms with Crippen LogP contribution in [0.2, 0.25) is 5.02 Å². The van der Waals surface area contributed by atoms with Gasteiger partial charge in [-0.05, 0) is 45.0 Å². The van der Waals surface area contributed by atoms with Crippen molar-refractivity contribution in [2.24, 2.45) is 10.2 Å². The summed E-state index contributed by atoms with van der Waals surface area (Å²) in [6.45, 7) is 5.02. The van der Waals surface area contributed by atoms with Crippen molar-refractivity contribution in [2.45, 2.75) is 26.8 Å². The fourth-order valence-corrected chi connectivity index (χ4v) is 2.25. The highest BCUT2D eigenvalue weighted by Gasteiger charge is 2.20. The number of azo groups is 1. The molecule has 0 bridgehead atoms. The average molecular weight is 331 g/mol. The molecule has 118 valence electrons. The fraction of sp³-hybridized carbons (Fsp3) is 0.250. The summed E-state index contributed by atoms with van der Waals surface area (Å²) in [5, 5.41) is 27.9. The number of benzene rings is 1. The molecule has 0 aliphatic carbocycles. The van der Waals surface area contributed by atoms with Crippen molar-refractivity contribution in [3.8, 4) is 11.9 Å². The second kappa shape index (κ2) is 6.63. The zero-order valence-corrected chi connectivity index (χ0v) is 13.7. The fourth-order valence-electron chi connectivity index (χ4n) is 2.12. The molecule has 6 nitrogen and oxygen atoms in total. The summed E-state index contributed by atoms with van der Waals surface area (Å²) in [4.78, 5) is 12.5. The molecule has 0 fully saturated rings. The van der Waals surface area contributed by atoms with Crippen LogP contribution in [-0.4, -0.2) is 9.67 Å². The van der Waals surface area contributed by atoms with E-state index in [0.717, 1.165) is 4.57 Å². The van der Waals surface area contributed by atoms with Crippen molar-refractivity contribution in [2.75, 3.05) is 0 Å². The van der Waals surface area contributed by atoms with E-state index in [9.17, 15) is 15.2 Å². The van der Waals surface area contributed by atoms with E-state index in [-0.39, 0.29) is 23.2 Å². The summed E-state index contributed by atoms with van der Waals surface area (Å²) in [6, 6.07) is 8.22. The van der Waals surface area contributed by atoms with E-state index >= 15 is 0 Å². The van der Waals surface area contributed by atoms with E-state index < -0.39 is 5.56 Å². The molecule has 23 heavy (non-hydrogen) atoms. The van der Waals surface area contributed by atoms with Gasteiger partial charge >= 0.3 is 0 Å². The minimum absolute atomic E-state index is 0.0170. The van der Waals surface area contributed by atoms with Crippen LogP contribution in [0.15, 0.2) is 39.3 Å². The van der Waals surface area contributed by atoms with Gasteiger partial charge in [0.05, 0.1) is 5.69 Å². The number of hydrogen-bond acceptors (Lipinski definition) is 5. The monoisotopic (exact) mass is 330 g/mol. The Kier molecular flexibility index (Phi) is 4.82. The summed E-state index contributed by atoms with van der Waals surface area (Å²) in [5.41, 5.74) is 0.374. The van der Waals surface area contributed by atoms with Crippen LogP contribution in [0.3, 0.4) is 0 Å². The van der Waals surface area contributed by atoms with Gasteiger partial charge in [0.1, 0.15) is 11.6 Å². The van der Waals surface area contributed by atoms with Crippen molar-refractivity contribution < 1.29 is 5.11 Å². The first-order valence-corrected chi connectivity index (χ1v) is 7.30. The zero-order valence-electron chi connectivity index (χ0n) is 12.9. The molecule has 0 spiro atoms. The van der Waals surface area contributed by atoms with Crippen LogP contribution in [0.25, 0.3) is 0 Å². The van der Waals surface area contributed by atoms with Crippen LogP contribution < -0.4 is 5.56 Å². The maximum absolute atomic E-state index is 12.5. The average Bonchev–Trinajstić information content (AvgIpc) is 2.49. The third-order valence-electron chi connectivity index (χ3n) is 3.32. The maximum Gasteiger partial charge on any atom is 0.281 e. The molecule has 1 N–H and O–H groups in total. The van der Waals surface area contributed by atoms with Crippen LogP contribution in [0, 0.1) is 18.3 Å². The summed E-state index contributed by atoms with van der Waals surface area (Å²) in [5.74, 6) is -0.351. The summed E-state index contributed by atoms with van der Waals surface area (Å²) in [6.07, 6.45) is 0. The van der Waals surface area contributed by atoms with Crippen molar-refractivity contribution >= 4 is 23.0 Å². The number of aromatic hydroxyl groups is 1. The predicted molar refractivity (Wildman–Crippen MR) is 87.8 cm³/mol. The van der Waals surface area contributed by atoms with Gasteiger partial charge in [-0.15, -0.1) is 5.11 Å². The quantitative estimate of drug-likeness (QED) is 0.846. The summed E-state index contributed by atoms with van der Waals surface area (Å²) < 4.78 is 1.13. The van der Waals surface area contributed by atoms with E-state index in [2.05, 4.69) is 10.2 Å². The Morgan fingerprint density at radius 2 is 1.87 bits per heavy atom. The van der Waals surface area contributed by atoms with Crippen LogP contribution in [0.4, 0.5) is 11.4 Å². The van der Waals surface area contributed by atoms with Gasteiger partial charge in [0.2, 0.25) is 5.88 Å². The molecule has 0 atom stereocenters. The summed E-state index contributed by atoms with van der Waals surface area (Å²) >= 11 is 5.80. The van der Waals surface area contributed by atoms with Gasteiger partial charge in [0.25, 0.3) is 5.56 Å². The Bertz CT molecular complexity index is 862. The smallest absolute Gasteiger partial charge is 0.281 e. The number of rotatable bonds is 3. The van der Waals surface area contributed by atoms with Crippen LogP contribution in [0.1, 0.15) is 31.0 Å². The van der Waals surface area contributed by atoms with Crippen LogP contribution >= 0.6 is 11.6 Å². The molecule has 0 amide bonds. The second-order valence-electron chi connectivity index (χ2n) is 5.23. The highest BCUT2D eigenvalue weighted by molar-refractivity contribution is 6.30. The van der Waals surface area contributed by atoms with Crippen molar-refractivity contribution in [1.29, 1.82) is 5.26 Å². The van der Waals surface area contributed by atoms with Crippen molar-refractivity contribution in [3.63, 3.8) is 0 Å². The van der Waals surface area contributed by atoms with Gasteiger partial charge in [-0.1, -0.05) is 11.6 Å². The number of halogens is 1. The number of aromatic nitrogens is 1. The molecule has 1 aromatic heterocycles. The molecule has 0 radical (unpaired) electrons. The van der Waals surface area contributed by atoms with Gasteiger partial charge in [-0.2, -0.15) is 10.4 Å². The third kappa shape index (κ3) is 3.25. The third-order valence-corrected chi connectivity index (χ3v) is 3.58. The summed E-state index contributed by atoms with van der Waals surface area (Å²) in [7, 11) is 0. The van der Waals surface area contributed by atoms with E-state index in [1.165, 1.54) is 0 Å². The minimum atomic E-state index is -0.494. The molecule has 0 saturated carbocycles. The van der Waals surface area contributed by atoms with E-state index in [4.69, 9.17) is 11.6 Å². The molecule has 0 saturated heterocycles. The Hall–Kier alpha value is -2.65. The highest BCUT2D eigenvalue weighted by Crippen LogP contribution is 2.28. The Morgan fingerprint density at radius 1 is 1.26 bits per heavy atom. The lowest BCUT2D eigenvalue weighted by Gasteiger charge is -2.15. The first-order chi connectivity index (χ1) is 10.9. The van der Waals surface area contributed by atoms with Crippen molar-refractivity contribution in [1.82, 2.24) is 4.57 Å². The van der Waals surface area contributed by atoms with Gasteiger partial charge in [-0.25, -0.2) is 0 Å². The van der Waals surface area contributed by atoms with Gasteiger partial charge in [-0.3, -0.25) is 9.36 Å². The molecule has 2 rings (SSSR count). The molecule has 7 heteroatoms. The first-order valence-electron chi connectivity index (χ1n) is 6.92. The molecule has 0 aliphatic rings. The molecule has 0 aliphatic heterocycles. The molecule has 0 unspecified atom stereocenters. The molecule has 1 aromatic carbocycles. The van der Waals surface area contributed by atoms with E-state index in [1.807, 2.05) is 6.07 Å². The number of hydrogen-bond donors (Lipinski definition) is 1. The van der Waals surface area contributed by atoms with Crippen LogP contribution in [0.5, 0.6) is 5.88 Å². The normalized spacial score (nSPS) is 11.1. The maximum atomic E-state index is 12.5. The zero-order chi connectivity index (χ0) is 17.1. The SMILES string of the molecule is Cc1c(C#N)c(O)n(C(C)C)c(=O)c1N=Nc1ccc(Cl)cc1. The molecule has 1 heterocycles. The highest BCUT2D eigenvalue weighted by atomic mass is 35.5. The Balaban J connectivity index is 2.63. The lowest BCUT2D eigenvalue weighted by molar-refractivity contribution is 0.386. The lowest BCUT2D eigenvalue weighted by Crippen LogP contribution is -2.23. The molecule has 2 aromatic rings. The van der Waals surface area contributed by atoms with Crippen LogP contribution in [-0.2, 0) is 0 Å². The second-order valence-corrected chi connectivity index (χ2v) is 5.67. The molecular weight excluding hydrogens is 316 g/mol. The Labute approximate surface area is 138 Å². The standard InChI is InChI=1S/C16H15ClN4O2/c1-9(2)21-15(22)13(8-18)10(3)14(16(21)23)20-19-12-6-4-11(17)5-7-12/h4-7,9,22H,1-3H3. The molecular formula is C16H15ClN4O2. The first kappa shape index (κ1) is 16.7. The largest absolute Gasteiger partial charge is 0.493 e. The minimum Gasteiger partial charge on any atom is -0.493 e. The number of nitrogens with zero attached hydrogens (tertiary/aromatic N) is 4. The van der Waals surface area contributed by atoms with Crippen molar-refractivity contribution in [3.05, 3.63) is 50.8 Å². The van der Waals surface area contributed by atoms with Gasteiger partial charge in [0.15, 0.2) is 5.69 Å². The number of pyridine rings is 1. The Morgan fingerprint density at radius 3 is 2.39 bits per heavy atom. The van der Waals surface area contributed by atoms with Gasteiger partial charge in [0, 0.05) is 16.6 Å². The lowest BCUT2D eigenvalue weighted by atomic mass is 10.1.